The van der Waals surface area contributed by atoms with E-state index >= 15 is 0 Å². The van der Waals surface area contributed by atoms with Crippen molar-refractivity contribution in [3.63, 3.8) is 0 Å². The van der Waals surface area contributed by atoms with Gasteiger partial charge in [0.2, 0.25) is 0 Å². The lowest BCUT2D eigenvalue weighted by Crippen LogP contribution is -2.55. The van der Waals surface area contributed by atoms with E-state index in [9.17, 15) is 24.6 Å². The summed E-state index contributed by atoms with van der Waals surface area (Å²) in [4.78, 5) is 36.3. The second-order valence-corrected chi connectivity index (χ2v) is 11.7. The van der Waals surface area contributed by atoms with Crippen molar-refractivity contribution in [2.75, 3.05) is 18.6 Å². The SMILES string of the molecule is COC(=O)CSCC(=O)[C@@]1(O)C[C@H]2[C@@H]3CCC4=CC(=O)CC[C@]4(C)[C@H]3[C@H](O)C[C@]2(C)C1. The lowest BCUT2D eigenvalue weighted by Gasteiger charge is -2.59. The number of methoxy groups -OCH3 is 1. The molecule has 0 spiro atoms. The highest BCUT2D eigenvalue weighted by Gasteiger charge is 2.64. The monoisotopic (exact) mass is 450 g/mol. The molecule has 3 fully saturated rings. The highest BCUT2D eigenvalue weighted by atomic mass is 32.2. The Labute approximate surface area is 188 Å². The van der Waals surface area contributed by atoms with Crippen LogP contribution in [0.4, 0.5) is 0 Å². The number of aliphatic hydroxyl groups is 2. The van der Waals surface area contributed by atoms with Crippen LogP contribution in [0.3, 0.4) is 0 Å². The molecule has 4 aliphatic rings. The fourth-order valence-corrected chi connectivity index (χ4v) is 8.30. The highest BCUT2D eigenvalue weighted by Crippen LogP contribution is 2.66. The van der Waals surface area contributed by atoms with Crippen molar-refractivity contribution < 1.29 is 29.3 Å². The Balaban J connectivity index is 1.55. The van der Waals surface area contributed by atoms with Gasteiger partial charge in [0.25, 0.3) is 0 Å². The minimum absolute atomic E-state index is 0.0600. The predicted molar refractivity (Wildman–Crippen MR) is 117 cm³/mol. The van der Waals surface area contributed by atoms with E-state index in [-0.39, 0.29) is 57.6 Å². The number of rotatable bonds is 5. The molecular formula is C24H34O6S. The summed E-state index contributed by atoms with van der Waals surface area (Å²) in [7, 11) is 1.32. The van der Waals surface area contributed by atoms with Crippen LogP contribution in [-0.4, -0.2) is 58.1 Å². The minimum Gasteiger partial charge on any atom is -0.468 e. The van der Waals surface area contributed by atoms with Gasteiger partial charge in [0, 0.05) is 6.42 Å². The molecule has 7 heteroatoms. The third-order valence-corrected chi connectivity index (χ3v) is 9.77. The van der Waals surface area contributed by atoms with E-state index in [0.717, 1.165) is 19.3 Å². The number of hydrogen-bond acceptors (Lipinski definition) is 7. The summed E-state index contributed by atoms with van der Waals surface area (Å²) in [5.74, 6) is 0.204. The minimum atomic E-state index is -1.41. The second kappa shape index (κ2) is 7.99. The van der Waals surface area contributed by atoms with Crippen LogP contribution in [0.25, 0.3) is 0 Å². The van der Waals surface area contributed by atoms with Gasteiger partial charge in [-0.1, -0.05) is 19.4 Å². The number of esters is 1. The van der Waals surface area contributed by atoms with Gasteiger partial charge in [-0.05, 0) is 73.2 Å². The zero-order chi connectivity index (χ0) is 22.6. The Bertz CT molecular complexity index is 823. The first kappa shape index (κ1) is 23.0. The quantitative estimate of drug-likeness (QED) is 0.621. The van der Waals surface area contributed by atoms with Gasteiger partial charge in [0.05, 0.1) is 24.7 Å². The molecule has 6 nitrogen and oxygen atoms in total. The normalized spacial score (nSPS) is 44.0. The summed E-state index contributed by atoms with van der Waals surface area (Å²) in [5.41, 5.74) is -0.703. The first-order valence-corrected chi connectivity index (χ1v) is 12.5. The number of ether oxygens (including phenoxy) is 1. The van der Waals surface area contributed by atoms with Gasteiger partial charge in [-0.2, -0.15) is 0 Å². The van der Waals surface area contributed by atoms with Crippen molar-refractivity contribution in [1.29, 1.82) is 0 Å². The van der Waals surface area contributed by atoms with E-state index in [0.29, 0.717) is 25.7 Å². The predicted octanol–water partition coefficient (Wildman–Crippen LogP) is 2.70. The molecule has 0 aromatic rings. The van der Waals surface area contributed by atoms with E-state index in [1.807, 2.05) is 6.08 Å². The Hall–Kier alpha value is -1.18. The third kappa shape index (κ3) is 3.80. The van der Waals surface area contributed by atoms with E-state index < -0.39 is 11.7 Å². The number of carbonyl (C=O) groups is 3. The zero-order valence-electron chi connectivity index (χ0n) is 18.7. The molecule has 4 aliphatic carbocycles. The number of thioether (sulfide) groups is 1. The summed E-state index contributed by atoms with van der Waals surface area (Å²) in [5, 5.41) is 22.7. The molecule has 0 heterocycles. The first-order valence-electron chi connectivity index (χ1n) is 11.3. The van der Waals surface area contributed by atoms with Gasteiger partial charge in [0.15, 0.2) is 11.6 Å². The van der Waals surface area contributed by atoms with Crippen molar-refractivity contribution in [3.8, 4) is 0 Å². The van der Waals surface area contributed by atoms with Gasteiger partial charge < -0.3 is 14.9 Å². The number of hydrogen-bond donors (Lipinski definition) is 2. The molecule has 31 heavy (non-hydrogen) atoms. The third-order valence-electron chi connectivity index (χ3n) is 8.86. The molecular weight excluding hydrogens is 416 g/mol. The van der Waals surface area contributed by atoms with Crippen LogP contribution in [0.2, 0.25) is 0 Å². The standard InChI is InChI=1S/C24H34O6S/c1-22-10-18(26)21-16(5-4-14-8-15(25)6-7-23(14,21)2)17(22)9-24(29,13-22)19(27)11-31-12-20(28)30-3/h8,16-18,21,26,29H,4-7,9-13H2,1-3H3/t16-,17-,18+,21+,22+,23-,24+/m0/s1. The molecule has 3 saturated carbocycles. The Kier molecular flexibility index (Phi) is 5.93. The van der Waals surface area contributed by atoms with Gasteiger partial charge in [-0.25, -0.2) is 0 Å². The number of allylic oxidation sites excluding steroid dienone is 1. The maximum absolute atomic E-state index is 13.0. The van der Waals surface area contributed by atoms with Gasteiger partial charge in [-0.15, -0.1) is 11.8 Å². The number of aliphatic hydroxyl groups excluding tert-OH is 1. The van der Waals surface area contributed by atoms with Crippen LogP contribution < -0.4 is 0 Å². The average Bonchev–Trinajstić information content (AvgIpc) is 2.99. The highest BCUT2D eigenvalue weighted by molar-refractivity contribution is 8.00. The number of ketones is 2. The van der Waals surface area contributed by atoms with Gasteiger partial charge in [0.1, 0.15) is 5.60 Å². The Morgan fingerprint density at radius 3 is 2.68 bits per heavy atom. The maximum atomic E-state index is 13.0. The summed E-state index contributed by atoms with van der Waals surface area (Å²) >= 11 is 1.18. The number of Topliss-reactive ketones (excluding diaryl/α,β-unsaturated/α-hetero) is 1. The molecule has 0 aromatic heterocycles. The zero-order valence-corrected chi connectivity index (χ0v) is 19.5. The fraction of sp³-hybridized carbons (Fsp3) is 0.792. The molecule has 0 saturated heterocycles. The fourth-order valence-electron chi connectivity index (χ4n) is 7.46. The molecule has 4 rings (SSSR count). The van der Waals surface area contributed by atoms with Crippen molar-refractivity contribution in [2.24, 2.45) is 28.6 Å². The molecule has 0 bridgehead atoms. The van der Waals surface area contributed by atoms with E-state index in [1.165, 1.54) is 24.4 Å². The van der Waals surface area contributed by atoms with Gasteiger partial charge >= 0.3 is 5.97 Å². The second-order valence-electron chi connectivity index (χ2n) is 10.7. The lowest BCUT2D eigenvalue weighted by atomic mass is 9.46. The number of fused-ring (bicyclic) bond motifs is 5. The van der Waals surface area contributed by atoms with Crippen molar-refractivity contribution in [1.82, 2.24) is 0 Å². The Morgan fingerprint density at radius 1 is 1.23 bits per heavy atom. The molecule has 0 unspecified atom stereocenters. The molecule has 0 amide bonds. The molecule has 2 N–H and O–H groups in total. The molecule has 7 atom stereocenters. The largest absolute Gasteiger partial charge is 0.468 e. The average molecular weight is 451 g/mol. The van der Waals surface area contributed by atoms with Crippen LogP contribution in [0.1, 0.15) is 58.8 Å². The summed E-state index contributed by atoms with van der Waals surface area (Å²) < 4.78 is 4.62. The maximum Gasteiger partial charge on any atom is 0.315 e. The smallest absolute Gasteiger partial charge is 0.315 e. The molecule has 0 aliphatic heterocycles. The van der Waals surface area contributed by atoms with E-state index in [2.05, 4.69) is 18.6 Å². The first-order chi connectivity index (χ1) is 14.5. The van der Waals surface area contributed by atoms with Crippen LogP contribution in [0.15, 0.2) is 11.6 Å². The van der Waals surface area contributed by atoms with Crippen molar-refractivity contribution in [2.45, 2.75) is 70.5 Å². The van der Waals surface area contributed by atoms with Crippen LogP contribution in [0.5, 0.6) is 0 Å². The Morgan fingerprint density at radius 2 is 1.97 bits per heavy atom. The topological polar surface area (TPSA) is 101 Å². The number of carbonyl (C=O) groups excluding carboxylic acids is 3. The summed E-state index contributed by atoms with van der Waals surface area (Å²) in [6.07, 6.45) is 5.70. The van der Waals surface area contributed by atoms with Crippen molar-refractivity contribution in [3.05, 3.63) is 11.6 Å². The lowest BCUT2D eigenvalue weighted by molar-refractivity contribution is -0.137. The van der Waals surface area contributed by atoms with Gasteiger partial charge in [-0.3, -0.25) is 14.4 Å². The summed E-state index contributed by atoms with van der Waals surface area (Å²) in [6.45, 7) is 4.31. The van der Waals surface area contributed by atoms with Crippen LogP contribution in [-0.2, 0) is 19.1 Å². The summed E-state index contributed by atoms with van der Waals surface area (Å²) in [6, 6.07) is 0. The molecule has 0 radical (unpaired) electrons. The van der Waals surface area contributed by atoms with Crippen molar-refractivity contribution >= 4 is 29.3 Å². The van der Waals surface area contributed by atoms with E-state index in [1.54, 1.807) is 0 Å². The van der Waals surface area contributed by atoms with Crippen LogP contribution >= 0.6 is 11.8 Å². The molecule has 172 valence electrons. The molecule has 0 aromatic carbocycles. The van der Waals surface area contributed by atoms with Crippen LogP contribution in [0, 0.1) is 28.6 Å². The van der Waals surface area contributed by atoms with E-state index in [4.69, 9.17) is 0 Å².